The molecule has 1 atom stereocenters. The molecule has 172 valence electrons. The summed E-state index contributed by atoms with van der Waals surface area (Å²) in [4.78, 5) is 25.6. The van der Waals surface area contributed by atoms with Gasteiger partial charge in [-0.3, -0.25) is 4.79 Å². The van der Waals surface area contributed by atoms with Crippen LogP contribution in [0.1, 0.15) is 22.8 Å². The Labute approximate surface area is 202 Å². The van der Waals surface area contributed by atoms with E-state index in [2.05, 4.69) is 14.9 Å². The van der Waals surface area contributed by atoms with Gasteiger partial charge in [-0.25, -0.2) is 9.97 Å². The molecule has 1 fully saturated rings. The zero-order valence-electron chi connectivity index (χ0n) is 18.6. The predicted molar refractivity (Wildman–Crippen MR) is 129 cm³/mol. The number of ether oxygens (including phenoxy) is 2. The van der Waals surface area contributed by atoms with E-state index in [-0.39, 0.29) is 11.9 Å². The lowest BCUT2D eigenvalue weighted by Gasteiger charge is -2.40. The van der Waals surface area contributed by atoms with Gasteiger partial charge in [0.25, 0.3) is 5.91 Å². The molecule has 1 aromatic heterocycles. The van der Waals surface area contributed by atoms with Crippen molar-refractivity contribution < 1.29 is 14.3 Å². The Morgan fingerprint density at radius 3 is 2.61 bits per heavy atom. The third-order valence-electron chi connectivity index (χ3n) is 5.54. The number of nitrogens with zero attached hydrogens (tertiary/aromatic N) is 4. The van der Waals surface area contributed by atoms with Crippen LogP contribution in [0.5, 0.6) is 17.4 Å². The molecule has 0 aliphatic carbocycles. The Bertz CT molecular complexity index is 1170. The number of anilines is 1. The third kappa shape index (κ3) is 5.15. The first kappa shape index (κ1) is 23.1. The molecule has 2 aromatic carbocycles. The Kier molecular flexibility index (Phi) is 6.91. The summed E-state index contributed by atoms with van der Waals surface area (Å²) < 4.78 is 11.4. The van der Waals surface area contributed by atoms with Crippen LogP contribution in [-0.2, 0) is 0 Å². The summed E-state index contributed by atoms with van der Waals surface area (Å²) in [5, 5.41) is 0.853. The van der Waals surface area contributed by atoms with Crippen LogP contribution in [0.4, 0.5) is 5.82 Å². The molecular weight excluding hydrogens is 463 g/mol. The van der Waals surface area contributed by atoms with Gasteiger partial charge in [-0.2, -0.15) is 0 Å². The number of amides is 1. The van der Waals surface area contributed by atoms with E-state index in [9.17, 15) is 4.79 Å². The van der Waals surface area contributed by atoms with Crippen LogP contribution in [0.2, 0.25) is 10.0 Å². The number of rotatable bonds is 5. The van der Waals surface area contributed by atoms with Crippen LogP contribution in [0.15, 0.2) is 48.8 Å². The number of hydrogen-bond acceptors (Lipinski definition) is 6. The Balaban J connectivity index is 1.47. The van der Waals surface area contributed by atoms with Gasteiger partial charge in [-0.05, 0) is 49.7 Å². The van der Waals surface area contributed by atoms with Crippen LogP contribution >= 0.6 is 23.2 Å². The molecule has 9 heteroatoms. The molecule has 7 nitrogen and oxygen atoms in total. The summed E-state index contributed by atoms with van der Waals surface area (Å²) in [5.74, 6) is 2.26. The van der Waals surface area contributed by atoms with Gasteiger partial charge in [0, 0.05) is 36.8 Å². The molecular formula is C24H24Cl2N4O3. The number of methoxy groups -OCH3 is 1. The van der Waals surface area contributed by atoms with E-state index in [4.69, 9.17) is 32.7 Å². The molecule has 4 rings (SSSR count). The lowest BCUT2D eigenvalue weighted by Crippen LogP contribution is -2.54. The van der Waals surface area contributed by atoms with Crippen molar-refractivity contribution in [3.63, 3.8) is 0 Å². The summed E-state index contributed by atoms with van der Waals surface area (Å²) in [5.41, 5.74) is 1.52. The summed E-state index contributed by atoms with van der Waals surface area (Å²) >= 11 is 12.2. The molecule has 0 saturated carbocycles. The van der Waals surface area contributed by atoms with Gasteiger partial charge < -0.3 is 19.3 Å². The van der Waals surface area contributed by atoms with Crippen LogP contribution < -0.4 is 14.4 Å². The summed E-state index contributed by atoms with van der Waals surface area (Å²) in [6, 6.07) is 12.4. The molecule has 0 unspecified atom stereocenters. The highest BCUT2D eigenvalue weighted by Crippen LogP contribution is 2.32. The summed E-state index contributed by atoms with van der Waals surface area (Å²) in [7, 11) is 1.60. The molecule has 1 saturated heterocycles. The van der Waals surface area contributed by atoms with E-state index >= 15 is 0 Å². The third-order valence-corrected chi connectivity index (χ3v) is 6.08. The minimum absolute atomic E-state index is 0.0467. The van der Waals surface area contributed by atoms with E-state index in [0.29, 0.717) is 52.6 Å². The van der Waals surface area contributed by atoms with Crippen molar-refractivity contribution in [3.8, 4) is 17.4 Å². The first-order chi connectivity index (χ1) is 15.9. The fourth-order valence-corrected chi connectivity index (χ4v) is 4.30. The standard InChI is InChI=1S/C24H24Cl2N4O3/c1-15-4-7-20(21(10-15)32-3)33-23-12-22(27-14-28-23)29-8-9-30(16(2)13-29)24(31)18-6-5-17(25)11-19(18)26/h4-7,10-12,14,16H,8-9,13H2,1-3H3/t16-/m0/s1. The summed E-state index contributed by atoms with van der Waals surface area (Å²) in [6.07, 6.45) is 1.47. The van der Waals surface area contributed by atoms with E-state index in [1.54, 1.807) is 31.4 Å². The number of carbonyl (C=O) groups is 1. The van der Waals surface area contributed by atoms with E-state index < -0.39 is 0 Å². The van der Waals surface area contributed by atoms with Crippen molar-refractivity contribution in [2.24, 2.45) is 0 Å². The lowest BCUT2D eigenvalue weighted by atomic mass is 10.1. The molecule has 3 aromatic rings. The number of aryl methyl sites for hydroxylation is 1. The Morgan fingerprint density at radius 2 is 1.88 bits per heavy atom. The second-order valence-electron chi connectivity index (χ2n) is 7.89. The van der Waals surface area contributed by atoms with Crippen LogP contribution in [0.3, 0.4) is 0 Å². The molecule has 2 heterocycles. The van der Waals surface area contributed by atoms with E-state index in [0.717, 1.165) is 11.4 Å². The number of benzene rings is 2. The smallest absolute Gasteiger partial charge is 0.255 e. The molecule has 0 radical (unpaired) electrons. The van der Waals surface area contributed by atoms with Crippen molar-refractivity contribution >= 4 is 34.9 Å². The number of piperazine rings is 1. The lowest BCUT2D eigenvalue weighted by molar-refractivity contribution is 0.0674. The second-order valence-corrected chi connectivity index (χ2v) is 8.73. The first-order valence-corrected chi connectivity index (χ1v) is 11.3. The first-order valence-electron chi connectivity index (χ1n) is 10.5. The van der Waals surface area contributed by atoms with Gasteiger partial charge in [0.05, 0.1) is 17.7 Å². The largest absolute Gasteiger partial charge is 0.493 e. The van der Waals surface area contributed by atoms with Crippen molar-refractivity contribution in [1.82, 2.24) is 14.9 Å². The highest BCUT2D eigenvalue weighted by molar-refractivity contribution is 6.36. The average Bonchev–Trinajstić information content (AvgIpc) is 2.80. The van der Waals surface area contributed by atoms with Crippen LogP contribution in [-0.4, -0.2) is 53.6 Å². The van der Waals surface area contributed by atoms with Crippen molar-refractivity contribution in [2.45, 2.75) is 19.9 Å². The predicted octanol–water partition coefficient (Wildman–Crippen LogP) is 5.24. The minimum Gasteiger partial charge on any atom is -0.493 e. The maximum absolute atomic E-state index is 13.0. The van der Waals surface area contributed by atoms with Crippen molar-refractivity contribution in [1.29, 1.82) is 0 Å². The van der Waals surface area contributed by atoms with E-state index in [1.165, 1.54) is 6.33 Å². The summed E-state index contributed by atoms with van der Waals surface area (Å²) in [6.45, 7) is 5.75. The van der Waals surface area contributed by atoms with Gasteiger partial charge in [0.15, 0.2) is 11.5 Å². The zero-order valence-corrected chi connectivity index (χ0v) is 20.1. The quantitative estimate of drug-likeness (QED) is 0.490. The maximum atomic E-state index is 13.0. The normalized spacial score (nSPS) is 16.0. The molecule has 1 amide bonds. The molecule has 1 aliphatic rings. The van der Waals surface area contributed by atoms with Crippen LogP contribution in [0.25, 0.3) is 0 Å². The fraction of sp³-hybridized carbons (Fsp3) is 0.292. The van der Waals surface area contributed by atoms with Gasteiger partial charge >= 0.3 is 0 Å². The van der Waals surface area contributed by atoms with Gasteiger partial charge in [0.1, 0.15) is 12.1 Å². The topological polar surface area (TPSA) is 67.8 Å². The average molecular weight is 487 g/mol. The highest BCUT2D eigenvalue weighted by Gasteiger charge is 2.30. The van der Waals surface area contributed by atoms with E-state index in [1.807, 2.05) is 36.9 Å². The maximum Gasteiger partial charge on any atom is 0.255 e. The number of carbonyl (C=O) groups excluding carboxylic acids is 1. The number of hydrogen-bond donors (Lipinski definition) is 0. The zero-order chi connectivity index (χ0) is 23.5. The Morgan fingerprint density at radius 1 is 1.06 bits per heavy atom. The fourth-order valence-electron chi connectivity index (χ4n) is 3.82. The van der Waals surface area contributed by atoms with Gasteiger partial charge in [0.2, 0.25) is 5.88 Å². The van der Waals surface area contributed by atoms with Gasteiger partial charge in [-0.1, -0.05) is 29.3 Å². The SMILES string of the molecule is COc1cc(C)ccc1Oc1cc(N2CCN(C(=O)c3ccc(Cl)cc3Cl)[C@@H](C)C2)ncn1. The molecule has 33 heavy (non-hydrogen) atoms. The molecule has 0 N–H and O–H groups in total. The number of aromatic nitrogens is 2. The van der Waals surface area contributed by atoms with Crippen molar-refractivity contribution in [2.75, 3.05) is 31.6 Å². The highest BCUT2D eigenvalue weighted by atomic mass is 35.5. The molecule has 1 aliphatic heterocycles. The molecule has 0 spiro atoms. The van der Waals surface area contributed by atoms with Gasteiger partial charge in [-0.15, -0.1) is 0 Å². The van der Waals surface area contributed by atoms with Crippen LogP contribution in [0, 0.1) is 6.92 Å². The molecule has 0 bridgehead atoms. The second kappa shape index (κ2) is 9.85. The Hall–Kier alpha value is -3.03. The number of halogens is 2. The van der Waals surface area contributed by atoms with Crippen molar-refractivity contribution in [3.05, 3.63) is 70.0 Å². The minimum atomic E-state index is -0.109. The monoisotopic (exact) mass is 486 g/mol.